The zero-order chi connectivity index (χ0) is 20.4. The molecule has 150 valence electrons. The third-order valence-corrected chi connectivity index (χ3v) is 6.86. The van der Waals surface area contributed by atoms with E-state index in [1.165, 1.54) is 23.1 Å². The number of aromatic amines is 1. The van der Waals surface area contributed by atoms with Gasteiger partial charge in [0, 0.05) is 16.1 Å². The maximum Gasteiger partial charge on any atom is 0.341 e. The monoisotopic (exact) mass is 421 g/mol. The van der Waals surface area contributed by atoms with Crippen LogP contribution in [0.1, 0.15) is 52.3 Å². The fraction of sp³-hybridized carbons (Fsp3) is 0.474. The van der Waals surface area contributed by atoms with Gasteiger partial charge < -0.3 is 15.0 Å². The molecule has 0 spiro atoms. The van der Waals surface area contributed by atoms with Crippen molar-refractivity contribution in [1.82, 2.24) is 9.97 Å². The third-order valence-electron chi connectivity index (χ3n) is 4.67. The highest BCUT2D eigenvalue weighted by atomic mass is 32.2. The second-order valence-electron chi connectivity index (χ2n) is 6.61. The van der Waals surface area contributed by atoms with Crippen LogP contribution in [-0.4, -0.2) is 33.7 Å². The number of aryl methyl sites for hydroxylation is 2. The minimum Gasteiger partial charge on any atom is -0.462 e. The molecule has 2 aromatic heterocycles. The van der Waals surface area contributed by atoms with Crippen molar-refractivity contribution in [3.63, 3.8) is 0 Å². The van der Waals surface area contributed by atoms with Crippen LogP contribution >= 0.6 is 23.1 Å². The number of anilines is 1. The predicted molar refractivity (Wildman–Crippen MR) is 111 cm³/mol. The molecule has 1 aliphatic rings. The summed E-state index contributed by atoms with van der Waals surface area (Å²) in [6.45, 7) is 7.26. The Bertz CT molecular complexity index is 980. The molecule has 2 aromatic rings. The highest BCUT2D eigenvalue weighted by molar-refractivity contribution is 8.00. The molecule has 0 radical (unpaired) electrons. The van der Waals surface area contributed by atoms with Crippen molar-refractivity contribution in [2.24, 2.45) is 0 Å². The molecule has 0 unspecified atom stereocenters. The Morgan fingerprint density at radius 3 is 2.79 bits per heavy atom. The van der Waals surface area contributed by atoms with Crippen molar-refractivity contribution in [2.45, 2.75) is 57.4 Å². The highest BCUT2D eigenvalue weighted by Crippen LogP contribution is 2.39. The number of carbonyl (C=O) groups excluding carboxylic acids is 2. The highest BCUT2D eigenvalue weighted by Gasteiger charge is 2.29. The Balaban J connectivity index is 1.78. The Labute approximate surface area is 171 Å². The molecule has 7 nitrogen and oxygen atoms in total. The van der Waals surface area contributed by atoms with Crippen LogP contribution in [0, 0.1) is 13.8 Å². The van der Waals surface area contributed by atoms with Crippen LogP contribution in [0.25, 0.3) is 0 Å². The first-order valence-electron chi connectivity index (χ1n) is 9.18. The van der Waals surface area contributed by atoms with E-state index < -0.39 is 11.2 Å². The molecule has 1 aliphatic carbocycles. The average molecular weight is 422 g/mol. The number of ether oxygens (including phenoxy) is 1. The van der Waals surface area contributed by atoms with Gasteiger partial charge in [-0.3, -0.25) is 9.59 Å². The van der Waals surface area contributed by atoms with Gasteiger partial charge in [0.15, 0.2) is 5.16 Å². The summed E-state index contributed by atoms with van der Waals surface area (Å²) in [6, 6.07) is 0. The normalized spacial score (nSPS) is 13.9. The van der Waals surface area contributed by atoms with Crippen LogP contribution in [-0.2, 0) is 22.4 Å². The van der Waals surface area contributed by atoms with E-state index >= 15 is 0 Å². The van der Waals surface area contributed by atoms with Crippen molar-refractivity contribution in [3.8, 4) is 0 Å². The number of thioether (sulfide) groups is 1. The van der Waals surface area contributed by atoms with Crippen LogP contribution in [0.4, 0.5) is 5.00 Å². The maximum atomic E-state index is 12.7. The summed E-state index contributed by atoms with van der Waals surface area (Å²) < 4.78 is 5.19. The van der Waals surface area contributed by atoms with Crippen molar-refractivity contribution in [1.29, 1.82) is 0 Å². The quantitative estimate of drug-likeness (QED) is 0.422. The second kappa shape index (κ2) is 8.48. The molecule has 2 heterocycles. The lowest BCUT2D eigenvalue weighted by Gasteiger charge is -2.12. The molecule has 0 aromatic carbocycles. The molecular weight excluding hydrogens is 398 g/mol. The van der Waals surface area contributed by atoms with E-state index in [1.54, 1.807) is 27.7 Å². The Hall–Kier alpha value is -2.13. The summed E-state index contributed by atoms with van der Waals surface area (Å²) >= 11 is 2.62. The fourth-order valence-electron chi connectivity index (χ4n) is 3.02. The molecule has 1 amide bonds. The van der Waals surface area contributed by atoms with Crippen LogP contribution in [0.3, 0.4) is 0 Å². The number of H-pyrrole nitrogens is 1. The largest absolute Gasteiger partial charge is 0.462 e. The van der Waals surface area contributed by atoms with Gasteiger partial charge in [-0.05, 0) is 52.5 Å². The number of aromatic nitrogens is 2. The first-order valence-corrected chi connectivity index (χ1v) is 10.9. The van der Waals surface area contributed by atoms with Crippen LogP contribution < -0.4 is 10.9 Å². The van der Waals surface area contributed by atoms with Crippen molar-refractivity contribution < 1.29 is 14.3 Å². The minimum absolute atomic E-state index is 0.207. The summed E-state index contributed by atoms with van der Waals surface area (Å²) in [6.07, 6.45) is 2.76. The van der Waals surface area contributed by atoms with Gasteiger partial charge in [0.1, 0.15) is 5.00 Å². The summed E-state index contributed by atoms with van der Waals surface area (Å²) in [5.41, 5.74) is 2.48. The minimum atomic E-state index is -0.503. The summed E-state index contributed by atoms with van der Waals surface area (Å²) in [5.74, 6) is -0.644. The van der Waals surface area contributed by atoms with Gasteiger partial charge in [-0.2, -0.15) is 0 Å². The van der Waals surface area contributed by atoms with Crippen molar-refractivity contribution >= 4 is 40.0 Å². The molecular formula is C19H23N3O4S2. The Morgan fingerprint density at radius 2 is 2.11 bits per heavy atom. The van der Waals surface area contributed by atoms with E-state index in [2.05, 4.69) is 15.3 Å². The number of hydrogen-bond acceptors (Lipinski definition) is 7. The molecule has 0 aliphatic heterocycles. The Kier molecular flexibility index (Phi) is 6.24. The number of hydrogen-bond donors (Lipinski definition) is 2. The lowest BCUT2D eigenvalue weighted by atomic mass is 10.1. The Morgan fingerprint density at radius 1 is 1.36 bits per heavy atom. The molecule has 0 saturated carbocycles. The van der Waals surface area contributed by atoms with E-state index in [1.807, 2.05) is 0 Å². The summed E-state index contributed by atoms with van der Waals surface area (Å²) in [7, 11) is 0. The van der Waals surface area contributed by atoms with Crippen LogP contribution in [0.15, 0.2) is 9.95 Å². The number of esters is 1. The maximum absolute atomic E-state index is 12.7. The molecule has 2 N–H and O–H groups in total. The SMILES string of the molecule is CCOC(=O)c1c(NC(=O)[C@H](C)Sc2nc(C)c(C)c(=O)[nH]2)sc2c1CCC2. The second-order valence-corrected chi connectivity index (χ2v) is 9.05. The zero-order valence-corrected chi connectivity index (χ0v) is 17.9. The van der Waals surface area contributed by atoms with Gasteiger partial charge in [0.05, 0.1) is 17.4 Å². The number of nitrogens with zero attached hydrogens (tertiary/aromatic N) is 1. The predicted octanol–water partition coefficient (Wildman–Crippen LogP) is 3.23. The van der Waals surface area contributed by atoms with Gasteiger partial charge in [0.25, 0.3) is 5.56 Å². The molecule has 3 rings (SSSR count). The number of rotatable bonds is 6. The summed E-state index contributed by atoms with van der Waals surface area (Å²) in [4.78, 5) is 45.2. The van der Waals surface area contributed by atoms with Gasteiger partial charge in [-0.25, -0.2) is 9.78 Å². The molecule has 1 atom stereocenters. The molecule has 9 heteroatoms. The smallest absolute Gasteiger partial charge is 0.341 e. The number of amides is 1. The lowest BCUT2D eigenvalue weighted by molar-refractivity contribution is -0.115. The van der Waals surface area contributed by atoms with Gasteiger partial charge in [-0.1, -0.05) is 11.8 Å². The van der Waals surface area contributed by atoms with E-state index in [-0.39, 0.29) is 18.1 Å². The summed E-state index contributed by atoms with van der Waals surface area (Å²) in [5, 5.41) is 3.32. The van der Waals surface area contributed by atoms with Gasteiger partial charge in [-0.15, -0.1) is 11.3 Å². The number of nitrogens with one attached hydrogen (secondary N) is 2. The van der Waals surface area contributed by atoms with Gasteiger partial charge in [0.2, 0.25) is 5.91 Å². The molecule has 0 fully saturated rings. The van der Waals surface area contributed by atoms with E-state index in [9.17, 15) is 14.4 Å². The average Bonchev–Trinajstić information content (AvgIpc) is 3.20. The molecule has 0 bridgehead atoms. The first-order chi connectivity index (χ1) is 13.3. The van der Waals surface area contributed by atoms with Gasteiger partial charge >= 0.3 is 5.97 Å². The van der Waals surface area contributed by atoms with Crippen LogP contribution in [0.5, 0.6) is 0 Å². The molecule has 0 saturated heterocycles. The number of thiophene rings is 1. The van der Waals surface area contributed by atoms with Crippen molar-refractivity contribution in [2.75, 3.05) is 11.9 Å². The third kappa shape index (κ3) is 4.15. The number of carbonyl (C=O) groups is 2. The lowest BCUT2D eigenvalue weighted by Crippen LogP contribution is -2.24. The first kappa shape index (κ1) is 20.6. The van der Waals surface area contributed by atoms with E-state index in [0.29, 0.717) is 27.0 Å². The topological polar surface area (TPSA) is 101 Å². The fourth-order valence-corrected chi connectivity index (χ4v) is 5.14. The van der Waals surface area contributed by atoms with E-state index in [4.69, 9.17) is 4.74 Å². The standard InChI is InChI=1S/C19H23N3O4S2/c1-5-26-18(25)14-12-7-6-8-13(12)28-17(14)21-16(24)11(4)27-19-20-10(3)9(2)15(23)22-19/h11H,5-8H2,1-4H3,(H,21,24)(H,20,22,23)/t11-/m0/s1. The van der Waals surface area contributed by atoms with Crippen LogP contribution in [0.2, 0.25) is 0 Å². The van der Waals surface area contributed by atoms with E-state index in [0.717, 1.165) is 29.7 Å². The number of fused-ring (bicyclic) bond motifs is 1. The zero-order valence-electron chi connectivity index (χ0n) is 16.3. The van der Waals surface area contributed by atoms with Crippen molar-refractivity contribution in [3.05, 3.63) is 37.6 Å². The molecule has 28 heavy (non-hydrogen) atoms.